The van der Waals surface area contributed by atoms with Crippen LogP contribution in [0.5, 0.6) is 0 Å². The molecule has 0 unspecified atom stereocenters. The Morgan fingerprint density at radius 1 is 0.550 bits per heavy atom. The molecule has 0 aliphatic rings. The van der Waals surface area contributed by atoms with Gasteiger partial charge in [-0.1, -0.05) is 119 Å². The number of benzene rings is 2. The molecule has 40 heavy (non-hydrogen) atoms. The van der Waals surface area contributed by atoms with E-state index in [0.29, 0.717) is 17.5 Å². The number of hydrogen-bond acceptors (Lipinski definition) is 6. The fourth-order valence-corrected chi connectivity index (χ4v) is 4.65. The second kappa shape index (κ2) is 19.4. The number of hydrogen-bond donors (Lipinski definition) is 0. The van der Waals surface area contributed by atoms with Crippen LogP contribution in [0, 0.1) is 40.9 Å². The molecule has 0 amide bonds. The summed E-state index contributed by atoms with van der Waals surface area (Å²) in [6.45, 7) is 11.5. The molecule has 6 heteroatoms. The van der Waals surface area contributed by atoms with Crippen LogP contribution < -0.4 is 0 Å². The predicted octanol–water partition coefficient (Wildman–Crippen LogP) is 9.58. The molecule has 0 heterocycles. The average molecular weight is 553 g/mol. The third-order valence-electron chi connectivity index (χ3n) is 7.01. The van der Waals surface area contributed by atoms with Crippen LogP contribution in [0.25, 0.3) is 0 Å². The summed E-state index contributed by atoms with van der Waals surface area (Å²) in [5.74, 6) is -1.27. The molecule has 2 aromatic rings. The van der Waals surface area contributed by atoms with Gasteiger partial charge in [0.15, 0.2) is 0 Å². The maximum Gasteiger partial charge on any atom is 0.373 e. The van der Waals surface area contributed by atoms with Crippen LogP contribution in [0.3, 0.4) is 0 Å². The van der Waals surface area contributed by atoms with E-state index in [1.54, 1.807) is 12.1 Å². The lowest BCUT2D eigenvalue weighted by atomic mass is 10.0. The quantitative estimate of drug-likeness (QED) is 0.0925. The van der Waals surface area contributed by atoms with E-state index < -0.39 is 11.9 Å². The molecule has 0 atom stereocenters. The summed E-state index contributed by atoms with van der Waals surface area (Å²) in [6.07, 6.45) is 15.7. The van der Waals surface area contributed by atoms with E-state index in [1.165, 1.54) is 57.8 Å². The lowest BCUT2D eigenvalue weighted by Crippen LogP contribution is -2.17. The highest BCUT2D eigenvalue weighted by atomic mass is 17.3. The van der Waals surface area contributed by atoms with E-state index >= 15 is 0 Å². The zero-order chi connectivity index (χ0) is 29.2. The number of carbonyl (C=O) groups is 2. The first-order valence-corrected chi connectivity index (χ1v) is 14.9. The first-order valence-electron chi connectivity index (χ1n) is 14.9. The van der Waals surface area contributed by atoms with Gasteiger partial charge in [0.1, 0.15) is 0 Å². The van der Waals surface area contributed by atoms with E-state index in [9.17, 15) is 9.59 Å². The SMILES string of the molecule is [CH2]CCCCCCCCCCCCCC[C](OOC(=O)c1ccc(C)cc1C)OOC(=O)c1ccc(C)cc1C. The molecule has 2 rings (SSSR count). The molecule has 2 aromatic carbocycles. The van der Waals surface area contributed by atoms with Gasteiger partial charge in [0.25, 0.3) is 0 Å². The summed E-state index contributed by atoms with van der Waals surface area (Å²) < 4.78 is 0. The highest BCUT2D eigenvalue weighted by molar-refractivity contribution is 5.91. The molecule has 0 aromatic heterocycles. The third-order valence-corrected chi connectivity index (χ3v) is 7.01. The van der Waals surface area contributed by atoms with E-state index in [1.807, 2.05) is 52.0 Å². The van der Waals surface area contributed by atoms with Crippen LogP contribution in [0.1, 0.15) is 133 Å². The fraction of sp³-hybridized carbons (Fsp3) is 0.529. The maximum atomic E-state index is 12.6. The minimum absolute atomic E-state index is 0.0601. The van der Waals surface area contributed by atoms with Crippen LogP contribution in [0.2, 0.25) is 0 Å². The van der Waals surface area contributed by atoms with Gasteiger partial charge in [-0.15, -0.1) is 9.78 Å². The Labute approximate surface area is 241 Å². The van der Waals surface area contributed by atoms with E-state index in [4.69, 9.17) is 19.6 Å². The zero-order valence-corrected chi connectivity index (χ0v) is 25.0. The van der Waals surface area contributed by atoms with Crippen LogP contribution in [0.15, 0.2) is 36.4 Å². The van der Waals surface area contributed by atoms with Crippen LogP contribution in [-0.4, -0.2) is 11.9 Å². The monoisotopic (exact) mass is 552 g/mol. The van der Waals surface area contributed by atoms with Gasteiger partial charge >= 0.3 is 18.2 Å². The molecule has 0 N–H and O–H groups in total. The Balaban J connectivity index is 1.77. The van der Waals surface area contributed by atoms with E-state index in [-0.39, 0.29) is 6.29 Å². The summed E-state index contributed by atoms with van der Waals surface area (Å²) in [7, 11) is 0. The van der Waals surface area contributed by atoms with Gasteiger partial charge in [-0.05, 0) is 57.4 Å². The van der Waals surface area contributed by atoms with Crippen molar-refractivity contribution in [3.8, 4) is 0 Å². The van der Waals surface area contributed by atoms with Crippen molar-refractivity contribution in [2.75, 3.05) is 0 Å². The Kier molecular flexibility index (Phi) is 16.2. The summed E-state index contributed by atoms with van der Waals surface area (Å²) in [4.78, 5) is 45.8. The second-order valence-corrected chi connectivity index (χ2v) is 10.8. The standard InChI is InChI=1S/C34H48O6/c1-6-7-8-9-10-11-12-13-14-15-16-17-18-19-32(37-39-33(35)30-22-20-26(2)24-28(30)4)38-40-34(36)31-23-21-27(3)25-29(31)5/h20-25H,1,6-19H2,2-5H3. The molecule has 220 valence electrons. The number of rotatable bonds is 20. The molecule has 0 spiro atoms. The van der Waals surface area contributed by atoms with Gasteiger partial charge < -0.3 is 0 Å². The van der Waals surface area contributed by atoms with Gasteiger partial charge in [0.05, 0.1) is 11.1 Å². The minimum Gasteiger partial charge on any atom is -0.289 e. The summed E-state index contributed by atoms with van der Waals surface area (Å²) in [5, 5.41) is 0. The van der Waals surface area contributed by atoms with E-state index in [0.717, 1.165) is 47.9 Å². The predicted molar refractivity (Wildman–Crippen MR) is 158 cm³/mol. The lowest BCUT2D eigenvalue weighted by Gasteiger charge is -2.14. The van der Waals surface area contributed by atoms with Gasteiger partial charge in [-0.3, -0.25) is 9.78 Å². The van der Waals surface area contributed by atoms with Crippen molar-refractivity contribution in [2.24, 2.45) is 0 Å². The fourth-order valence-electron chi connectivity index (χ4n) is 4.65. The molecule has 2 radical (unpaired) electrons. The summed E-state index contributed by atoms with van der Waals surface area (Å²) >= 11 is 0. The van der Waals surface area contributed by atoms with Crippen molar-refractivity contribution in [3.63, 3.8) is 0 Å². The second-order valence-electron chi connectivity index (χ2n) is 10.8. The molecule has 0 saturated heterocycles. The third kappa shape index (κ3) is 13.1. The molecular weight excluding hydrogens is 504 g/mol. The van der Waals surface area contributed by atoms with Gasteiger partial charge in [-0.25, -0.2) is 9.59 Å². The normalized spacial score (nSPS) is 11.2. The molecule has 0 bridgehead atoms. The highest BCUT2D eigenvalue weighted by Crippen LogP contribution is 2.21. The molecule has 0 aliphatic carbocycles. The van der Waals surface area contributed by atoms with Crippen molar-refractivity contribution < 1.29 is 29.1 Å². The lowest BCUT2D eigenvalue weighted by molar-refractivity contribution is -0.364. The Hall–Kier alpha value is -2.70. The number of aryl methyl sites for hydroxylation is 4. The van der Waals surface area contributed by atoms with Gasteiger partial charge in [-0.2, -0.15) is 0 Å². The average Bonchev–Trinajstić information content (AvgIpc) is 2.92. The maximum absolute atomic E-state index is 12.6. The van der Waals surface area contributed by atoms with Crippen LogP contribution in [0.4, 0.5) is 0 Å². The van der Waals surface area contributed by atoms with Gasteiger partial charge in [0, 0.05) is 6.42 Å². The number of carbonyl (C=O) groups excluding carboxylic acids is 2. The first-order chi connectivity index (χ1) is 19.3. The zero-order valence-electron chi connectivity index (χ0n) is 25.0. The van der Waals surface area contributed by atoms with Gasteiger partial charge in [0.2, 0.25) is 0 Å². The van der Waals surface area contributed by atoms with Crippen molar-refractivity contribution in [1.29, 1.82) is 0 Å². The van der Waals surface area contributed by atoms with E-state index in [2.05, 4.69) is 6.92 Å². The summed E-state index contributed by atoms with van der Waals surface area (Å²) in [5.41, 5.74) is 4.46. The van der Waals surface area contributed by atoms with Crippen LogP contribution >= 0.6 is 0 Å². The summed E-state index contributed by atoms with van der Waals surface area (Å²) in [6, 6.07) is 10.9. The van der Waals surface area contributed by atoms with Crippen molar-refractivity contribution in [1.82, 2.24) is 0 Å². The smallest absolute Gasteiger partial charge is 0.289 e. The molecule has 0 fully saturated rings. The molecule has 6 nitrogen and oxygen atoms in total. The van der Waals surface area contributed by atoms with Crippen LogP contribution in [-0.2, 0) is 19.6 Å². The van der Waals surface area contributed by atoms with Crippen molar-refractivity contribution in [3.05, 3.63) is 83.0 Å². The molecule has 0 aliphatic heterocycles. The Morgan fingerprint density at radius 2 is 0.925 bits per heavy atom. The Bertz CT molecular complexity index is 964. The first kappa shape index (κ1) is 33.5. The topological polar surface area (TPSA) is 71.1 Å². The largest absolute Gasteiger partial charge is 0.373 e. The molecule has 0 saturated carbocycles. The Morgan fingerprint density at radius 3 is 1.30 bits per heavy atom. The molecular formula is C34H48O6. The number of unbranched alkanes of at least 4 members (excludes halogenated alkanes) is 12. The minimum atomic E-state index is -0.637. The highest BCUT2D eigenvalue weighted by Gasteiger charge is 2.22. The van der Waals surface area contributed by atoms with Crippen molar-refractivity contribution in [2.45, 2.75) is 118 Å². The van der Waals surface area contributed by atoms with Crippen molar-refractivity contribution >= 4 is 11.9 Å².